The number of benzene rings is 1. The monoisotopic (exact) mass is 226 g/mol. The highest BCUT2D eigenvalue weighted by Crippen LogP contribution is 2.23. The molecule has 0 spiro atoms. The minimum absolute atomic E-state index is 0.0711. The summed E-state index contributed by atoms with van der Waals surface area (Å²) in [4.78, 5) is 0. The average Bonchev–Trinajstić information content (AvgIpc) is 2.24. The van der Waals surface area contributed by atoms with Crippen molar-refractivity contribution in [2.45, 2.75) is 12.8 Å². The normalized spacial score (nSPS) is 10.8. The van der Waals surface area contributed by atoms with Crippen LogP contribution in [0.4, 0.5) is 22.0 Å². The van der Waals surface area contributed by atoms with Crippen LogP contribution in [0.15, 0.2) is 0 Å². The third-order valence-corrected chi connectivity index (χ3v) is 1.89. The number of hydrogen-bond donors (Lipinski definition) is 1. The number of halogens is 5. The van der Waals surface area contributed by atoms with Crippen molar-refractivity contribution in [2.75, 3.05) is 6.61 Å². The van der Waals surface area contributed by atoms with Crippen molar-refractivity contribution in [1.82, 2.24) is 0 Å². The van der Waals surface area contributed by atoms with Crippen LogP contribution in [0.2, 0.25) is 0 Å². The molecule has 6 heteroatoms. The van der Waals surface area contributed by atoms with E-state index >= 15 is 0 Å². The first-order chi connectivity index (χ1) is 7.00. The van der Waals surface area contributed by atoms with Gasteiger partial charge in [-0.1, -0.05) is 0 Å². The summed E-state index contributed by atoms with van der Waals surface area (Å²) in [5.41, 5.74) is -0.888. The average molecular weight is 226 g/mol. The summed E-state index contributed by atoms with van der Waals surface area (Å²) in [6, 6.07) is 0. The third kappa shape index (κ3) is 2.09. The van der Waals surface area contributed by atoms with Gasteiger partial charge in [0.25, 0.3) is 0 Å². The Kier molecular flexibility index (Phi) is 3.62. The Balaban J connectivity index is 3.26. The Bertz CT molecular complexity index is 348. The molecule has 84 valence electrons. The molecule has 0 bridgehead atoms. The second-order valence-electron chi connectivity index (χ2n) is 2.88. The molecule has 1 rings (SSSR count). The maximum Gasteiger partial charge on any atom is 0.200 e. The topological polar surface area (TPSA) is 20.2 Å². The van der Waals surface area contributed by atoms with Gasteiger partial charge in [-0.2, -0.15) is 0 Å². The SMILES string of the molecule is OCCCc1c(F)c(F)c(F)c(F)c1F. The zero-order chi connectivity index (χ0) is 11.6. The van der Waals surface area contributed by atoms with Gasteiger partial charge in [-0.05, 0) is 12.8 Å². The maximum atomic E-state index is 12.9. The molecule has 0 aliphatic rings. The van der Waals surface area contributed by atoms with E-state index in [1.54, 1.807) is 0 Å². The van der Waals surface area contributed by atoms with E-state index in [4.69, 9.17) is 5.11 Å². The molecular formula is C9H7F5O. The first kappa shape index (κ1) is 11.9. The summed E-state index contributed by atoms with van der Waals surface area (Å²) in [6.45, 7) is -0.389. The maximum absolute atomic E-state index is 12.9. The van der Waals surface area contributed by atoms with Crippen LogP contribution in [-0.4, -0.2) is 11.7 Å². The Hall–Kier alpha value is -1.17. The van der Waals surface area contributed by atoms with Gasteiger partial charge >= 0.3 is 0 Å². The molecule has 0 fully saturated rings. The molecule has 1 aromatic carbocycles. The Morgan fingerprint density at radius 1 is 0.733 bits per heavy atom. The van der Waals surface area contributed by atoms with Crippen LogP contribution in [-0.2, 0) is 6.42 Å². The lowest BCUT2D eigenvalue weighted by molar-refractivity contribution is 0.285. The molecule has 0 heterocycles. The molecule has 1 N–H and O–H groups in total. The summed E-state index contributed by atoms with van der Waals surface area (Å²) in [7, 11) is 0. The number of aliphatic hydroxyl groups excluding tert-OH is 1. The second kappa shape index (κ2) is 4.57. The zero-order valence-corrected chi connectivity index (χ0v) is 7.46. The van der Waals surface area contributed by atoms with E-state index < -0.39 is 41.1 Å². The molecule has 0 unspecified atom stereocenters. The Labute approximate surface area is 82.1 Å². The van der Waals surface area contributed by atoms with Gasteiger partial charge in [0.1, 0.15) is 0 Å². The molecule has 0 aliphatic carbocycles. The summed E-state index contributed by atoms with van der Waals surface area (Å²) in [5, 5.41) is 8.40. The zero-order valence-electron chi connectivity index (χ0n) is 7.46. The van der Waals surface area contributed by atoms with E-state index in [0.29, 0.717) is 0 Å². The summed E-state index contributed by atoms with van der Waals surface area (Å²) < 4.78 is 63.6. The summed E-state index contributed by atoms with van der Waals surface area (Å²) >= 11 is 0. The molecule has 0 saturated carbocycles. The van der Waals surface area contributed by atoms with Crippen molar-refractivity contribution < 1.29 is 27.1 Å². The van der Waals surface area contributed by atoms with Gasteiger partial charge < -0.3 is 5.11 Å². The van der Waals surface area contributed by atoms with Crippen molar-refractivity contribution >= 4 is 0 Å². The molecule has 0 atom stereocenters. The molecule has 0 amide bonds. The second-order valence-corrected chi connectivity index (χ2v) is 2.88. The molecule has 0 radical (unpaired) electrons. The summed E-state index contributed by atoms with van der Waals surface area (Å²) in [5.74, 6) is -9.75. The van der Waals surface area contributed by atoms with Crippen LogP contribution in [0.3, 0.4) is 0 Å². The fraction of sp³-hybridized carbons (Fsp3) is 0.333. The van der Waals surface area contributed by atoms with Crippen LogP contribution in [0, 0.1) is 29.1 Å². The van der Waals surface area contributed by atoms with Gasteiger partial charge in [0.05, 0.1) is 0 Å². The fourth-order valence-corrected chi connectivity index (χ4v) is 1.13. The van der Waals surface area contributed by atoms with Gasteiger partial charge in [-0.3, -0.25) is 0 Å². The Morgan fingerprint density at radius 3 is 1.53 bits per heavy atom. The number of aliphatic hydroxyl groups is 1. The quantitative estimate of drug-likeness (QED) is 0.476. The molecule has 15 heavy (non-hydrogen) atoms. The van der Waals surface area contributed by atoms with E-state index in [2.05, 4.69) is 0 Å². The Morgan fingerprint density at radius 2 is 1.13 bits per heavy atom. The van der Waals surface area contributed by atoms with Crippen LogP contribution in [0.25, 0.3) is 0 Å². The van der Waals surface area contributed by atoms with E-state index in [9.17, 15) is 22.0 Å². The molecule has 0 aliphatic heterocycles. The standard InChI is InChI=1S/C9H7F5O/c10-5-4(2-1-3-15)6(11)8(13)9(14)7(5)12/h15H,1-3H2. The van der Waals surface area contributed by atoms with Gasteiger partial charge in [0.2, 0.25) is 5.82 Å². The highest BCUT2D eigenvalue weighted by atomic mass is 19.2. The van der Waals surface area contributed by atoms with Gasteiger partial charge in [-0.15, -0.1) is 0 Å². The van der Waals surface area contributed by atoms with E-state index in [1.807, 2.05) is 0 Å². The fourth-order valence-electron chi connectivity index (χ4n) is 1.13. The van der Waals surface area contributed by atoms with Crippen molar-refractivity contribution in [3.63, 3.8) is 0 Å². The molecule has 0 saturated heterocycles. The number of rotatable bonds is 3. The van der Waals surface area contributed by atoms with E-state index in [1.165, 1.54) is 0 Å². The molecule has 1 aromatic rings. The minimum Gasteiger partial charge on any atom is -0.396 e. The van der Waals surface area contributed by atoms with Gasteiger partial charge in [0, 0.05) is 12.2 Å². The van der Waals surface area contributed by atoms with E-state index in [0.717, 1.165) is 0 Å². The third-order valence-electron chi connectivity index (χ3n) is 1.89. The predicted molar refractivity (Wildman–Crippen MR) is 41.6 cm³/mol. The van der Waals surface area contributed by atoms with E-state index in [-0.39, 0.29) is 13.0 Å². The number of hydrogen-bond acceptors (Lipinski definition) is 1. The largest absolute Gasteiger partial charge is 0.396 e. The van der Waals surface area contributed by atoms with Crippen molar-refractivity contribution in [3.8, 4) is 0 Å². The lowest BCUT2D eigenvalue weighted by Gasteiger charge is -2.06. The van der Waals surface area contributed by atoms with Crippen LogP contribution in [0.1, 0.15) is 12.0 Å². The highest BCUT2D eigenvalue weighted by Gasteiger charge is 2.24. The first-order valence-electron chi connectivity index (χ1n) is 4.11. The first-order valence-corrected chi connectivity index (χ1v) is 4.11. The molecule has 1 nitrogen and oxygen atoms in total. The summed E-state index contributed by atoms with van der Waals surface area (Å²) in [6.07, 6.45) is -0.472. The lowest BCUT2D eigenvalue weighted by atomic mass is 10.1. The smallest absolute Gasteiger partial charge is 0.200 e. The lowest BCUT2D eigenvalue weighted by Crippen LogP contribution is -2.07. The highest BCUT2D eigenvalue weighted by molar-refractivity contribution is 5.24. The predicted octanol–water partition coefficient (Wildman–Crippen LogP) is 2.31. The van der Waals surface area contributed by atoms with Crippen molar-refractivity contribution in [1.29, 1.82) is 0 Å². The molecule has 0 aromatic heterocycles. The minimum atomic E-state index is -2.17. The van der Waals surface area contributed by atoms with Gasteiger partial charge in [0.15, 0.2) is 23.3 Å². The van der Waals surface area contributed by atoms with Crippen LogP contribution >= 0.6 is 0 Å². The van der Waals surface area contributed by atoms with Crippen molar-refractivity contribution in [2.24, 2.45) is 0 Å². The van der Waals surface area contributed by atoms with Crippen LogP contribution < -0.4 is 0 Å². The molecular weight excluding hydrogens is 219 g/mol. The van der Waals surface area contributed by atoms with Crippen molar-refractivity contribution in [3.05, 3.63) is 34.6 Å². The van der Waals surface area contributed by atoms with Crippen LogP contribution in [0.5, 0.6) is 0 Å². The van der Waals surface area contributed by atoms with Gasteiger partial charge in [-0.25, -0.2) is 22.0 Å².